The van der Waals surface area contributed by atoms with Crippen LogP contribution < -0.4 is 0 Å². The molecule has 0 aliphatic rings. The van der Waals surface area contributed by atoms with Crippen LogP contribution in [0, 0.1) is 0 Å². The Bertz CT molecular complexity index is 414. The minimum absolute atomic E-state index is 0.534. The number of methoxy groups -OCH3 is 1. The second-order valence-corrected chi connectivity index (χ2v) is 2.79. The van der Waals surface area contributed by atoms with Gasteiger partial charge in [-0.15, -0.1) is 0 Å². The SMILES string of the molecule is COCc1ccc2cccnc2n1. The van der Waals surface area contributed by atoms with Crippen LogP contribution in [-0.2, 0) is 11.3 Å². The van der Waals surface area contributed by atoms with Crippen LogP contribution in [0.5, 0.6) is 0 Å². The molecule has 0 saturated carbocycles. The lowest BCUT2D eigenvalue weighted by molar-refractivity contribution is 0.182. The van der Waals surface area contributed by atoms with Gasteiger partial charge in [-0.25, -0.2) is 9.97 Å². The van der Waals surface area contributed by atoms with E-state index in [1.54, 1.807) is 13.3 Å². The van der Waals surface area contributed by atoms with Gasteiger partial charge in [0.2, 0.25) is 0 Å². The predicted molar refractivity (Wildman–Crippen MR) is 50.3 cm³/mol. The van der Waals surface area contributed by atoms with E-state index in [4.69, 9.17) is 4.74 Å². The zero-order chi connectivity index (χ0) is 9.10. The highest BCUT2D eigenvalue weighted by Crippen LogP contribution is 2.09. The third kappa shape index (κ3) is 1.65. The summed E-state index contributed by atoms with van der Waals surface area (Å²) in [5.74, 6) is 0. The molecule has 0 saturated heterocycles. The Morgan fingerprint density at radius 2 is 2.23 bits per heavy atom. The van der Waals surface area contributed by atoms with Crippen LogP contribution in [0.4, 0.5) is 0 Å². The fourth-order valence-corrected chi connectivity index (χ4v) is 1.22. The van der Waals surface area contributed by atoms with Gasteiger partial charge in [0, 0.05) is 18.7 Å². The van der Waals surface area contributed by atoms with Crippen LogP contribution in [0.25, 0.3) is 11.0 Å². The van der Waals surface area contributed by atoms with Crippen LogP contribution in [0.3, 0.4) is 0 Å². The minimum atomic E-state index is 0.534. The average molecular weight is 174 g/mol. The molecule has 13 heavy (non-hydrogen) atoms. The lowest BCUT2D eigenvalue weighted by Crippen LogP contribution is -1.93. The Morgan fingerprint density at radius 1 is 1.31 bits per heavy atom. The van der Waals surface area contributed by atoms with Crippen LogP contribution in [0.2, 0.25) is 0 Å². The molecule has 3 heteroatoms. The number of rotatable bonds is 2. The molecule has 0 radical (unpaired) electrons. The number of hydrogen-bond acceptors (Lipinski definition) is 3. The Kier molecular flexibility index (Phi) is 2.19. The van der Waals surface area contributed by atoms with Gasteiger partial charge >= 0.3 is 0 Å². The molecular weight excluding hydrogens is 164 g/mol. The number of hydrogen-bond donors (Lipinski definition) is 0. The molecule has 2 heterocycles. The zero-order valence-electron chi connectivity index (χ0n) is 7.40. The maximum atomic E-state index is 4.99. The van der Waals surface area contributed by atoms with Gasteiger partial charge in [-0.2, -0.15) is 0 Å². The highest BCUT2D eigenvalue weighted by molar-refractivity contribution is 5.74. The van der Waals surface area contributed by atoms with Crippen molar-refractivity contribution in [3.05, 3.63) is 36.2 Å². The molecule has 0 amide bonds. The van der Waals surface area contributed by atoms with Gasteiger partial charge in [0.1, 0.15) is 0 Å². The van der Waals surface area contributed by atoms with Crippen molar-refractivity contribution in [3.8, 4) is 0 Å². The van der Waals surface area contributed by atoms with E-state index < -0.39 is 0 Å². The van der Waals surface area contributed by atoms with E-state index in [2.05, 4.69) is 9.97 Å². The summed E-state index contributed by atoms with van der Waals surface area (Å²) in [6.07, 6.45) is 1.74. The fraction of sp³-hybridized carbons (Fsp3) is 0.200. The van der Waals surface area contributed by atoms with E-state index in [9.17, 15) is 0 Å². The molecule has 2 aromatic rings. The van der Waals surface area contributed by atoms with Crippen LogP contribution in [0.15, 0.2) is 30.5 Å². The number of fused-ring (bicyclic) bond motifs is 1. The molecule has 0 aromatic carbocycles. The minimum Gasteiger partial charge on any atom is -0.378 e. The molecule has 0 bridgehead atoms. The maximum absolute atomic E-state index is 4.99. The average Bonchev–Trinajstić information content (AvgIpc) is 2.18. The molecule has 0 fully saturated rings. The molecule has 0 aliphatic carbocycles. The van der Waals surface area contributed by atoms with Crippen molar-refractivity contribution in [3.63, 3.8) is 0 Å². The van der Waals surface area contributed by atoms with Gasteiger partial charge in [0.25, 0.3) is 0 Å². The van der Waals surface area contributed by atoms with Gasteiger partial charge < -0.3 is 4.74 Å². The van der Waals surface area contributed by atoms with E-state index in [1.165, 1.54) is 0 Å². The molecule has 0 N–H and O–H groups in total. The summed E-state index contributed by atoms with van der Waals surface area (Å²) in [4.78, 5) is 8.49. The summed E-state index contributed by atoms with van der Waals surface area (Å²) in [6.45, 7) is 0.534. The largest absolute Gasteiger partial charge is 0.378 e. The molecule has 0 atom stereocenters. The molecule has 3 nitrogen and oxygen atoms in total. The smallest absolute Gasteiger partial charge is 0.159 e. The molecule has 0 spiro atoms. The molecule has 0 unspecified atom stereocenters. The third-order valence-corrected chi connectivity index (χ3v) is 1.81. The first kappa shape index (κ1) is 8.13. The van der Waals surface area contributed by atoms with E-state index in [-0.39, 0.29) is 0 Å². The Labute approximate surface area is 76.4 Å². The predicted octanol–water partition coefficient (Wildman–Crippen LogP) is 1.78. The van der Waals surface area contributed by atoms with Gasteiger partial charge in [-0.05, 0) is 24.3 Å². The lowest BCUT2D eigenvalue weighted by atomic mass is 10.2. The number of nitrogens with zero attached hydrogens (tertiary/aromatic N) is 2. The van der Waals surface area contributed by atoms with E-state index in [1.807, 2.05) is 24.3 Å². The summed E-state index contributed by atoms with van der Waals surface area (Å²) in [6, 6.07) is 7.85. The van der Waals surface area contributed by atoms with Gasteiger partial charge in [0.05, 0.1) is 12.3 Å². The van der Waals surface area contributed by atoms with Crippen LogP contribution in [0.1, 0.15) is 5.69 Å². The third-order valence-electron chi connectivity index (χ3n) is 1.81. The monoisotopic (exact) mass is 174 g/mol. The summed E-state index contributed by atoms with van der Waals surface area (Å²) >= 11 is 0. The Morgan fingerprint density at radius 3 is 3.08 bits per heavy atom. The molecule has 2 rings (SSSR count). The standard InChI is InChI=1S/C10H10N2O/c1-13-7-9-5-4-8-3-2-6-11-10(8)12-9/h2-6H,7H2,1H3. The second kappa shape index (κ2) is 3.49. The van der Waals surface area contributed by atoms with Crippen LogP contribution in [-0.4, -0.2) is 17.1 Å². The normalized spacial score (nSPS) is 10.5. The topological polar surface area (TPSA) is 35.0 Å². The first-order valence-corrected chi connectivity index (χ1v) is 4.10. The zero-order valence-corrected chi connectivity index (χ0v) is 7.40. The molecular formula is C10H10N2O. The maximum Gasteiger partial charge on any atom is 0.159 e. The second-order valence-electron chi connectivity index (χ2n) is 2.79. The molecule has 0 aliphatic heterocycles. The Hall–Kier alpha value is -1.48. The van der Waals surface area contributed by atoms with E-state index in [0.29, 0.717) is 6.61 Å². The first-order chi connectivity index (χ1) is 6.40. The van der Waals surface area contributed by atoms with Gasteiger partial charge in [0.15, 0.2) is 5.65 Å². The van der Waals surface area contributed by atoms with E-state index in [0.717, 1.165) is 16.7 Å². The summed E-state index contributed by atoms with van der Waals surface area (Å²) < 4.78 is 4.99. The number of pyridine rings is 2. The van der Waals surface area contributed by atoms with Gasteiger partial charge in [-0.3, -0.25) is 0 Å². The van der Waals surface area contributed by atoms with Crippen molar-refractivity contribution in [2.75, 3.05) is 7.11 Å². The molecule has 66 valence electrons. The summed E-state index contributed by atoms with van der Waals surface area (Å²) in [7, 11) is 1.66. The molecule has 2 aromatic heterocycles. The summed E-state index contributed by atoms with van der Waals surface area (Å²) in [5.41, 5.74) is 1.69. The first-order valence-electron chi connectivity index (χ1n) is 4.10. The van der Waals surface area contributed by atoms with Crippen LogP contribution >= 0.6 is 0 Å². The van der Waals surface area contributed by atoms with E-state index >= 15 is 0 Å². The van der Waals surface area contributed by atoms with Gasteiger partial charge in [-0.1, -0.05) is 0 Å². The lowest BCUT2D eigenvalue weighted by Gasteiger charge is -1.99. The van der Waals surface area contributed by atoms with Crippen molar-refractivity contribution in [2.24, 2.45) is 0 Å². The number of aromatic nitrogens is 2. The summed E-state index contributed by atoms with van der Waals surface area (Å²) in [5, 5.41) is 1.06. The van der Waals surface area contributed by atoms with Crippen molar-refractivity contribution < 1.29 is 4.74 Å². The van der Waals surface area contributed by atoms with Crippen molar-refractivity contribution in [2.45, 2.75) is 6.61 Å². The van der Waals surface area contributed by atoms with Crippen molar-refractivity contribution >= 4 is 11.0 Å². The highest BCUT2D eigenvalue weighted by atomic mass is 16.5. The fourth-order valence-electron chi connectivity index (χ4n) is 1.22. The van der Waals surface area contributed by atoms with Crippen molar-refractivity contribution in [1.29, 1.82) is 0 Å². The van der Waals surface area contributed by atoms with Crippen molar-refractivity contribution in [1.82, 2.24) is 9.97 Å². The Balaban J connectivity index is 2.49. The highest BCUT2D eigenvalue weighted by Gasteiger charge is 1.97. The number of ether oxygens (including phenoxy) is 1. The quantitative estimate of drug-likeness (QED) is 0.696.